The smallest absolute Gasteiger partial charge is 0.189 e. The maximum absolute atomic E-state index is 12.2. The number of rotatable bonds is 5. The van der Waals surface area contributed by atoms with Crippen molar-refractivity contribution in [3.05, 3.63) is 45.1 Å². The Bertz CT molecular complexity index is 734. The fourth-order valence-corrected chi connectivity index (χ4v) is 4.47. The minimum Gasteiger partial charge on any atom is -0.497 e. The first kappa shape index (κ1) is 15.2. The molecule has 1 aromatic heterocycles. The van der Waals surface area contributed by atoms with Crippen LogP contribution in [0, 0.1) is 0 Å². The van der Waals surface area contributed by atoms with Crippen molar-refractivity contribution < 1.29 is 17.9 Å². The minimum atomic E-state index is -3.68. The third-order valence-corrected chi connectivity index (χ3v) is 6.08. The van der Waals surface area contributed by atoms with E-state index in [-0.39, 0.29) is 4.90 Å². The van der Waals surface area contributed by atoms with Gasteiger partial charge in [-0.2, -0.15) is 0 Å². The fraction of sp³-hybridized carbons (Fsp3) is 0.154. The Hall–Kier alpha value is -1.18. The molecule has 106 valence electrons. The summed E-state index contributed by atoms with van der Waals surface area (Å²) >= 11 is 4.44. The predicted molar refractivity (Wildman–Crippen MR) is 81.4 cm³/mol. The molecule has 1 aromatic carbocycles. The van der Waals surface area contributed by atoms with E-state index in [1.54, 1.807) is 23.6 Å². The summed E-state index contributed by atoms with van der Waals surface area (Å²) in [5, 5.41) is 1.73. The van der Waals surface area contributed by atoms with Gasteiger partial charge in [0.1, 0.15) is 11.5 Å². The zero-order valence-corrected chi connectivity index (χ0v) is 13.7. The van der Waals surface area contributed by atoms with Crippen LogP contribution in [0.1, 0.15) is 9.67 Å². The first-order valence-electron chi connectivity index (χ1n) is 5.57. The van der Waals surface area contributed by atoms with Gasteiger partial charge in [0, 0.05) is 4.47 Å². The van der Waals surface area contributed by atoms with Crippen LogP contribution in [0.3, 0.4) is 0 Å². The molecule has 0 atom stereocenters. The summed E-state index contributed by atoms with van der Waals surface area (Å²) < 4.78 is 30.1. The van der Waals surface area contributed by atoms with Crippen LogP contribution in [0.25, 0.3) is 0 Å². The zero-order chi connectivity index (χ0) is 14.8. The maximum Gasteiger partial charge on any atom is 0.189 e. The lowest BCUT2D eigenvalue weighted by molar-refractivity contribution is 0.102. The molecular weight excluding hydrogens is 364 g/mol. The number of hydrogen-bond donors (Lipinski definition) is 0. The molecule has 0 bridgehead atoms. The molecule has 4 nitrogen and oxygen atoms in total. The van der Waals surface area contributed by atoms with Crippen molar-refractivity contribution in [2.75, 3.05) is 12.9 Å². The van der Waals surface area contributed by atoms with E-state index in [0.717, 1.165) is 0 Å². The number of ketones is 1. The second-order valence-corrected chi connectivity index (χ2v) is 7.72. The molecular formula is C13H11BrO4S2. The third kappa shape index (κ3) is 3.28. The van der Waals surface area contributed by atoms with Gasteiger partial charge in [-0.05, 0) is 45.6 Å². The van der Waals surface area contributed by atoms with Gasteiger partial charge >= 0.3 is 0 Å². The van der Waals surface area contributed by atoms with Gasteiger partial charge < -0.3 is 4.74 Å². The quantitative estimate of drug-likeness (QED) is 0.754. The number of Topliss-reactive ketones (excluding diaryl/α,β-unsaturated/α-hetero) is 1. The van der Waals surface area contributed by atoms with Gasteiger partial charge in [-0.3, -0.25) is 4.79 Å². The zero-order valence-electron chi connectivity index (χ0n) is 10.5. The highest BCUT2D eigenvalue weighted by Gasteiger charge is 2.22. The van der Waals surface area contributed by atoms with E-state index in [4.69, 9.17) is 4.74 Å². The largest absolute Gasteiger partial charge is 0.497 e. The minimum absolute atomic E-state index is 0.0814. The van der Waals surface area contributed by atoms with Crippen molar-refractivity contribution >= 4 is 42.9 Å². The number of hydrogen-bond acceptors (Lipinski definition) is 5. The molecule has 0 amide bonds. The van der Waals surface area contributed by atoms with Crippen LogP contribution < -0.4 is 4.74 Å². The van der Waals surface area contributed by atoms with E-state index >= 15 is 0 Å². The van der Waals surface area contributed by atoms with Crippen molar-refractivity contribution in [3.8, 4) is 5.75 Å². The Kier molecular flexibility index (Phi) is 4.62. The predicted octanol–water partition coefficient (Wildman–Crippen LogP) is 3.18. The Morgan fingerprint density at radius 3 is 2.70 bits per heavy atom. The SMILES string of the molecule is COc1cccc(S(=O)(=O)CC(=O)c2sccc2Br)c1. The average Bonchev–Trinajstić information content (AvgIpc) is 2.84. The summed E-state index contributed by atoms with van der Waals surface area (Å²) in [5.74, 6) is -0.537. The van der Waals surface area contributed by atoms with Crippen molar-refractivity contribution in [2.45, 2.75) is 4.90 Å². The van der Waals surface area contributed by atoms with E-state index in [2.05, 4.69) is 15.9 Å². The summed E-state index contributed by atoms with van der Waals surface area (Å²) in [7, 11) is -2.22. The molecule has 2 rings (SSSR count). The van der Waals surface area contributed by atoms with Gasteiger partial charge in [0.2, 0.25) is 0 Å². The summed E-state index contributed by atoms with van der Waals surface area (Å²) in [6.45, 7) is 0. The number of benzene rings is 1. The third-order valence-electron chi connectivity index (χ3n) is 2.59. The molecule has 20 heavy (non-hydrogen) atoms. The highest BCUT2D eigenvalue weighted by molar-refractivity contribution is 9.10. The highest BCUT2D eigenvalue weighted by atomic mass is 79.9. The summed E-state index contributed by atoms with van der Waals surface area (Å²) in [6, 6.07) is 7.81. The second-order valence-electron chi connectivity index (χ2n) is 3.96. The molecule has 0 unspecified atom stereocenters. The lowest BCUT2D eigenvalue weighted by Gasteiger charge is -2.05. The van der Waals surface area contributed by atoms with Crippen LogP contribution >= 0.6 is 27.3 Å². The fourth-order valence-electron chi connectivity index (χ4n) is 1.61. The van der Waals surface area contributed by atoms with E-state index in [1.807, 2.05) is 0 Å². The Labute approximate surface area is 129 Å². The van der Waals surface area contributed by atoms with Gasteiger partial charge in [-0.25, -0.2) is 8.42 Å². The van der Waals surface area contributed by atoms with Gasteiger partial charge in [0.05, 0.1) is 16.9 Å². The van der Waals surface area contributed by atoms with Gasteiger partial charge in [-0.1, -0.05) is 6.07 Å². The van der Waals surface area contributed by atoms with Crippen LogP contribution in [0.5, 0.6) is 5.75 Å². The van der Waals surface area contributed by atoms with Gasteiger partial charge in [0.15, 0.2) is 15.6 Å². The lowest BCUT2D eigenvalue weighted by atomic mass is 10.3. The number of carbonyl (C=O) groups is 1. The normalized spacial score (nSPS) is 11.3. The number of ether oxygens (including phenoxy) is 1. The molecule has 0 N–H and O–H groups in total. The van der Waals surface area contributed by atoms with Crippen LogP contribution in [0.2, 0.25) is 0 Å². The number of methoxy groups -OCH3 is 1. The standard InChI is InChI=1S/C13H11BrO4S2/c1-18-9-3-2-4-10(7-9)20(16,17)8-12(15)13-11(14)5-6-19-13/h2-7H,8H2,1H3. The van der Waals surface area contributed by atoms with Crippen molar-refractivity contribution in [2.24, 2.45) is 0 Å². The molecule has 0 spiro atoms. The van der Waals surface area contributed by atoms with E-state index in [0.29, 0.717) is 15.1 Å². The van der Waals surface area contributed by atoms with Crippen LogP contribution in [-0.2, 0) is 9.84 Å². The Balaban J connectivity index is 2.27. The Morgan fingerprint density at radius 1 is 1.35 bits per heavy atom. The van der Waals surface area contributed by atoms with Gasteiger partial charge in [0.25, 0.3) is 0 Å². The molecule has 0 radical (unpaired) electrons. The molecule has 1 heterocycles. The highest BCUT2D eigenvalue weighted by Crippen LogP contribution is 2.25. The van der Waals surface area contributed by atoms with E-state index < -0.39 is 21.4 Å². The Morgan fingerprint density at radius 2 is 2.10 bits per heavy atom. The van der Waals surface area contributed by atoms with E-state index in [1.165, 1.54) is 30.6 Å². The average molecular weight is 375 g/mol. The number of sulfone groups is 1. The van der Waals surface area contributed by atoms with Crippen LogP contribution in [-0.4, -0.2) is 27.1 Å². The van der Waals surface area contributed by atoms with Crippen LogP contribution in [0.4, 0.5) is 0 Å². The molecule has 0 aliphatic rings. The molecule has 0 aliphatic carbocycles. The number of halogens is 1. The molecule has 0 aliphatic heterocycles. The molecule has 0 fully saturated rings. The first-order valence-corrected chi connectivity index (χ1v) is 8.89. The van der Waals surface area contributed by atoms with Crippen molar-refractivity contribution in [1.29, 1.82) is 0 Å². The molecule has 0 saturated carbocycles. The van der Waals surface area contributed by atoms with Crippen molar-refractivity contribution in [3.63, 3.8) is 0 Å². The summed E-state index contributed by atoms with van der Waals surface area (Å²) in [5.41, 5.74) is 0. The summed E-state index contributed by atoms with van der Waals surface area (Å²) in [6.07, 6.45) is 0. The topological polar surface area (TPSA) is 60.4 Å². The number of thiophene rings is 1. The monoisotopic (exact) mass is 374 g/mol. The molecule has 2 aromatic rings. The van der Waals surface area contributed by atoms with Crippen molar-refractivity contribution in [1.82, 2.24) is 0 Å². The maximum atomic E-state index is 12.2. The van der Waals surface area contributed by atoms with Gasteiger partial charge in [-0.15, -0.1) is 11.3 Å². The van der Waals surface area contributed by atoms with E-state index in [9.17, 15) is 13.2 Å². The number of carbonyl (C=O) groups excluding carboxylic acids is 1. The summed E-state index contributed by atoms with van der Waals surface area (Å²) in [4.78, 5) is 12.5. The molecule has 7 heteroatoms. The first-order chi connectivity index (χ1) is 9.44. The lowest BCUT2D eigenvalue weighted by Crippen LogP contribution is -2.16. The second kappa shape index (κ2) is 6.07. The molecule has 0 saturated heterocycles. The van der Waals surface area contributed by atoms with Crippen LogP contribution in [0.15, 0.2) is 45.1 Å².